The number of halogens is 1. The molecular formula is C16H24IN5O. The number of hydrogen-bond donors (Lipinski definition) is 2. The molecule has 0 aliphatic heterocycles. The maximum atomic E-state index is 5.53. The molecule has 2 N–H and O–H groups in total. The molecule has 0 aromatic carbocycles. The van der Waals surface area contributed by atoms with Crippen LogP contribution in [0.2, 0.25) is 0 Å². The molecule has 0 atom stereocenters. The van der Waals surface area contributed by atoms with Gasteiger partial charge in [0.15, 0.2) is 5.96 Å². The lowest BCUT2D eigenvalue weighted by atomic mass is 10.3. The van der Waals surface area contributed by atoms with E-state index in [1.54, 1.807) is 0 Å². The quantitative estimate of drug-likeness (QED) is 0.420. The highest BCUT2D eigenvalue weighted by molar-refractivity contribution is 14.0. The lowest BCUT2D eigenvalue weighted by molar-refractivity contribution is 0.473. The molecule has 126 valence electrons. The van der Waals surface area contributed by atoms with Gasteiger partial charge >= 0.3 is 0 Å². The summed E-state index contributed by atoms with van der Waals surface area (Å²) in [7, 11) is 0. The van der Waals surface area contributed by atoms with Crippen LogP contribution in [0.1, 0.15) is 30.0 Å². The van der Waals surface area contributed by atoms with Crippen molar-refractivity contribution in [1.82, 2.24) is 20.6 Å². The number of aryl methyl sites for hydroxylation is 2. The van der Waals surface area contributed by atoms with Gasteiger partial charge in [0.25, 0.3) is 0 Å². The standard InChI is InChI=1S/C16H23N5O.HI/c1-4-17-16(19-10-8-14-7-5-6-9-18-14)20-11-15-21-12(2)13(3)22-15;/h5-7,9H,4,8,10-11H2,1-3H3,(H2,17,19,20);1H. The van der Waals surface area contributed by atoms with Gasteiger partial charge < -0.3 is 15.1 Å². The molecule has 2 aromatic rings. The van der Waals surface area contributed by atoms with E-state index >= 15 is 0 Å². The molecule has 0 saturated carbocycles. The molecule has 2 heterocycles. The summed E-state index contributed by atoms with van der Waals surface area (Å²) < 4.78 is 5.53. The Morgan fingerprint density at radius 1 is 1.26 bits per heavy atom. The summed E-state index contributed by atoms with van der Waals surface area (Å²) in [6.45, 7) is 7.88. The van der Waals surface area contributed by atoms with E-state index in [0.717, 1.165) is 42.6 Å². The van der Waals surface area contributed by atoms with Gasteiger partial charge in [0, 0.05) is 31.4 Å². The third-order valence-corrected chi connectivity index (χ3v) is 3.19. The Hall–Kier alpha value is -1.64. The van der Waals surface area contributed by atoms with E-state index in [-0.39, 0.29) is 24.0 Å². The lowest BCUT2D eigenvalue weighted by Gasteiger charge is -2.10. The van der Waals surface area contributed by atoms with Crippen LogP contribution >= 0.6 is 24.0 Å². The molecule has 2 rings (SSSR count). The summed E-state index contributed by atoms with van der Waals surface area (Å²) in [6.07, 6.45) is 2.66. The maximum absolute atomic E-state index is 5.53. The predicted molar refractivity (Wildman–Crippen MR) is 102 cm³/mol. The molecule has 0 fully saturated rings. The van der Waals surface area contributed by atoms with Crippen LogP contribution in [0.3, 0.4) is 0 Å². The minimum atomic E-state index is 0. The second-order valence-electron chi connectivity index (χ2n) is 4.94. The number of nitrogens with one attached hydrogen (secondary N) is 2. The lowest BCUT2D eigenvalue weighted by Crippen LogP contribution is -2.38. The van der Waals surface area contributed by atoms with Crippen molar-refractivity contribution in [2.75, 3.05) is 13.1 Å². The molecule has 2 aromatic heterocycles. The number of rotatable bonds is 6. The molecule has 0 aliphatic rings. The van der Waals surface area contributed by atoms with Crippen LogP contribution in [0.5, 0.6) is 0 Å². The van der Waals surface area contributed by atoms with Gasteiger partial charge in [-0.2, -0.15) is 0 Å². The Kier molecular flexibility index (Phi) is 8.60. The third kappa shape index (κ3) is 6.55. The second kappa shape index (κ2) is 10.2. The Balaban J connectivity index is 0.00000264. The Labute approximate surface area is 154 Å². The van der Waals surface area contributed by atoms with Crippen LogP contribution in [0.15, 0.2) is 33.8 Å². The molecule has 0 amide bonds. The highest BCUT2D eigenvalue weighted by Gasteiger charge is 2.05. The molecule has 0 radical (unpaired) electrons. The smallest absolute Gasteiger partial charge is 0.216 e. The number of guanidine groups is 1. The molecular weight excluding hydrogens is 405 g/mol. The molecule has 0 saturated heterocycles. The third-order valence-electron chi connectivity index (χ3n) is 3.19. The zero-order valence-electron chi connectivity index (χ0n) is 13.8. The molecule has 0 bridgehead atoms. The molecule has 7 heteroatoms. The van der Waals surface area contributed by atoms with Crippen molar-refractivity contribution < 1.29 is 4.42 Å². The Morgan fingerprint density at radius 2 is 2.09 bits per heavy atom. The predicted octanol–water partition coefficient (Wildman–Crippen LogP) is 2.60. The summed E-state index contributed by atoms with van der Waals surface area (Å²) in [4.78, 5) is 13.1. The van der Waals surface area contributed by atoms with Gasteiger partial charge in [-0.05, 0) is 32.9 Å². The first-order valence-corrected chi connectivity index (χ1v) is 7.54. The van der Waals surface area contributed by atoms with Crippen LogP contribution < -0.4 is 10.6 Å². The summed E-state index contributed by atoms with van der Waals surface area (Å²) >= 11 is 0. The summed E-state index contributed by atoms with van der Waals surface area (Å²) in [5.74, 6) is 2.24. The van der Waals surface area contributed by atoms with Crippen LogP contribution in [0.4, 0.5) is 0 Å². The molecule has 0 unspecified atom stereocenters. The fraction of sp³-hybridized carbons (Fsp3) is 0.438. The minimum absolute atomic E-state index is 0. The number of nitrogens with zero attached hydrogens (tertiary/aromatic N) is 3. The highest BCUT2D eigenvalue weighted by atomic mass is 127. The highest BCUT2D eigenvalue weighted by Crippen LogP contribution is 2.08. The van der Waals surface area contributed by atoms with E-state index in [1.165, 1.54) is 0 Å². The van der Waals surface area contributed by atoms with Crippen LogP contribution in [-0.2, 0) is 13.0 Å². The minimum Gasteiger partial charge on any atom is -0.444 e. The van der Waals surface area contributed by atoms with E-state index in [2.05, 4.69) is 25.6 Å². The van der Waals surface area contributed by atoms with E-state index in [0.29, 0.717) is 12.4 Å². The number of oxazole rings is 1. The van der Waals surface area contributed by atoms with Crippen molar-refractivity contribution in [3.63, 3.8) is 0 Å². The van der Waals surface area contributed by atoms with Crippen LogP contribution in [-0.4, -0.2) is 29.0 Å². The number of aromatic nitrogens is 2. The summed E-state index contributed by atoms with van der Waals surface area (Å²) in [5, 5.41) is 6.50. The second-order valence-corrected chi connectivity index (χ2v) is 4.94. The van der Waals surface area contributed by atoms with Gasteiger partial charge in [-0.15, -0.1) is 24.0 Å². The van der Waals surface area contributed by atoms with Gasteiger partial charge in [0.05, 0.1) is 5.69 Å². The summed E-state index contributed by atoms with van der Waals surface area (Å²) in [5.41, 5.74) is 1.98. The average Bonchev–Trinajstić information content (AvgIpc) is 2.84. The largest absolute Gasteiger partial charge is 0.444 e. The first kappa shape index (κ1) is 19.4. The maximum Gasteiger partial charge on any atom is 0.216 e. The van der Waals surface area contributed by atoms with E-state index in [1.807, 2.05) is 45.2 Å². The van der Waals surface area contributed by atoms with Gasteiger partial charge in [-0.3, -0.25) is 4.98 Å². The number of pyridine rings is 1. The van der Waals surface area contributed by atoms with Crippen molar-refractivity contribution in [2.45, 2.75) is 33.7 Å². The van der Waals surface area contributed by atoms with Crippen LogP contribution in [0, 0.1) is 13.8 Å². The topological polar surface area (TPSA) is 75.3 Å². The normalized spacial score (nSPS) is 11.0. The van der Waals surface area contributed by atoms with Crippen molar-refractivity contribution in [1.29, 1.82) is 0 Å². The van der Waals surface area contributed by atoms with Crippen molar-refractivity contribution in [3.05, 3.63) is 47.4 Å². The van der Waals surface area contributed by atoms with Gasteiger partial charge in [-0.25, -0.2) is 9.98 Å². The SMILES string of the molecule is CCNC(=NCc1nc(C)c(C)o1)NCCc1ccccn1.I. The first-order chi connectivity index (χ1) is 10.7. The van der Waals surface area contributed by atoms with Crippen LogP contribution in [0.25, 0.3) is 0 Å². The zero-order valence-corrected chi connectivity index (χ0v) is 16.1. The molecule has 0 aliphatic carbocycles. The Bertz CT molecular complexity index is 593. The van der Waals surface area contributed by atoms with Crippen molar-refractivity contribution in [3.8, 4) is 0 Å². The van der Waals surface area contributed by atoms with E-state index < -0.39 is 0 Å². The van der Waals surface area contributed by atoms with Gasteiger partial charge in [-0.1, -0.05) is 6.07 Å². The zero-order chi connectivity index (χ0) is 15.8. The van der Waals surface area contributed by atoms with Gasteiger partial charge in [0.1, 0.15) is 12.3 Å². The fourth-order valence-electron chi connectivity index (χ4n) is 1.95. The monoisotopic (exact) mass is 429 g/mol. The van der Waals surface area contributed by atoms with Gasteiger partial charge in [0.2, 0.25) is 5.89 Å². The first-order valence-electron chi connectivity index (χ1n) is 7.54. The fourth-order valence-corrected chi connectivity index (χ4v) is 1.95. The Morgan fingerprint density at radius 3 is 2.70 bits per heavy atom. The molecule has 6 nitrogen and oxygen atoms in total. The average molecular weight is 429 g/mol. The van der Waals surface area contributed by atoms with Crippen molar-refractivity contribution in [2.24, 2.45) is 4.99 Å². The van der Waals surface area contributed by atoms with E-state index in [4.69, 9.17) is 4.42 Å². The molecule has 0 spiro atoms. The van der Waals surface area contributed by atoms with Crippen molar-refractivity contribution >= 4 is 29.9 Å². The number of aliphatic imine (C=N–C) groups is 1. The number of hydrogen-bond acceptors (Lipinski definition) is 4. The van der Waals surface area contributed by atoms with E-state index in [9.17, 15) is 0 Å². The summed E-state index contributed by atoms with van der Waals surface area (Å²) in [6, 6.07) is 5.93. The molecule has 23 heavy (non-hydrogen) atoms.